The Bertz CT molecular complexity index is 1810. The van der Waals surface area contributed by atoms with Crippen molar-refractivity contribution in [2.24, 2.45) is 5.92 Å². The summed E-state index contributed by atoms with van der Waals surface area (Å²) in [4.78, 5) is 72.5. The minimum atomic E-state index is -4.95. The number of ether oxygens (including phenoxy) is 4. The van der Waals surface area contributed by atoms with Crippen molar-refractivity contribution in [3.05, 3.63) is 0 Å². The fourth-order valence-corrected chi connectivity index (χ4v) is 13.1. The van der Waals surface area contributed by atoms with Crippen LogP contribution < -0.4 is 0 Å². The van der Waals surface area contributed by atoms with E-state index in [2.05, 4.69) is 34.6 Å². The molecule has 0 aliphatic heterocycles. The largest absolute Gasteiger partial charge is 0.472 e. The summed E-state index contributed by atoms with van der Waals surface area (Å²) >= 11 is 0. The first-order chi connectivity index (χ1) is 45.5. The van der Waals surface area contributed by atoms with E-state index in [1.807, 2.05) is 0 Å². The van der Waals surface area contributed by atoms with Gasteiger partial charge in [0.15, 0.2) is 12.2 Å². The van der Waals surface area contributed by atoms with Crippen LogP contribution in [0.5, 0.6) is 0 Å². The highest BCUT2D eigenvalue weighted by Crippen LogP contribution is 2.45. The van der Waals surface area contributed by atoms with Crippen molar-refractivity contribution in [1.29, 1.82) is 0 Å². The first kappa shape index (κ1) is 92.1. The fourth-order valence-electron chi connectivity index (χ4n) is 11.5. The quantitative estimate of drug-likeness (QED) is 0.0222. The van der Waals surface area contributed by atoms with E-state index in [0.717, 1.165) is 102 Å². The number of unbranched alkanes of at least 4 members (excludes halogenated alkanes) is 47. The normalized spacial score (nSPS) is 14.0. The van der Waals surface area contributed by atoms with Crippen LogP contribution in [-0.4, -0.2) is 96.7 Å². The monoisotopic (exact) mass is 1380 g/mol. The molecular weight excluding hydrogens is 1230 g/mol. The zero-order valence-electron chi connectivity index (χ0n) is 61.1. The van der Waals surface area contributed by atoms with Crippen molar-refractivity contribution in [1.82, 2.24) is 0 Å². The van der Waals surface area contributed by atoms with E-state index in [0.29, 0.717) is 25.7 Å². The van der Waals surface area contributed by atoms with Gasteiger partial charge in [-0.25, -0.2) is 9.13 Å². The molecule has 19 heteroatoms. The van der Waals surface area contributed by atoms with Crippen LogP contribution in [0, 0.1) is 5.92 Å². The van der Waals surface area contributed by atoms with Crippen LogP contribution >= 0.6 is 15.6 Å². The van der Waals surface area contributed by atoms with E-state index in [1.165, 1.54) is 212 Å². The smallest absolute Gasteiger partial charge is 0.462 e. The van der Waals surface area contributed by atoms with Crippen LogP contribution in [0.4, 0.5) is 0 Å². The van der Waals surface area contributed by atoms with Crippen molar-refractivity contribution in [3.63, 3.8) is 0 Å². The number of carbonyl (C=O) groups is 4. The summed E-state index contributed by atoms with van der Waals surface area (Å²) in [5.74, 6) is -1.33. The molecule has 0 fully saturated rings. The number of phosphoric acid groups is 2. The van der Waals surface area contributed by atoms with Crippen molar-refractivity contribution in [2.75, 3.05) is 39.6 Å². The molecule has 0 amide bonds. The van der Waals surface area contributed by atoms with E-state index in [1.54, 1.807) is 0 Å². The number of rotatable bonds is 75. The molecule has 0 saturated heterocycles. The molecule has 0 rings (SSSR count). The zero-order chi connectivity index (χ0) is 69.1. The van der Waals surface area contributed by atoms with Gasteiger partial charge >= 0.3 is 39.5 Å². The van der Waals surface area contributed by atoms with Crippen LogP contribution in [0.1, 0.15) is 394 Å². The second-order valence-corrected chi connectivity index (χ2v) is 30.4. The third-order valence-corrected chi connectivity index (χ3v) is 19.4. The Balaban J connectivity index is 5.14. The summed E-state index contributed by atoms with van der Waals surface area (Å²) in [7, 11) is -9.90. The summed E-state index contributed by atoms with van der Waals surface area (Å²) < 4.78 is 68.3. The van der Waals surface area contributed by atoms with Crippen LogP contribution in [0.15, 0.2) is 0 Å². The fraction of sp³-hybridized carbons (Fsp3) is 0.947. The number of hydrogen-bond acceptors (Lipinski definition) is 15. The Morgan fingerprint density at radius 2 is 0.489 bits per heavy atom. The molecule has 17 nitrogen and oxygen atoms in total. The summed E-state index contributed by atoms with van der Waals surface area (Å²) in [5, 5.41) is 10.6. The van der Waals surface area contributed by atoms with E-state index >= 15 is 0 Å². The lowest BCUT2D eigenvalue weighted by Gasteiger charge is -2.21. The highest BCUT2D eigenvalue weighted by atomic mass is 31.2. The molecule has 558 valence electrons. The number of hydrogen-bond donors (Lipinski definition) is 3. The average molecular weight is 1380 g/mol. The molecule has 0 spiro atoms. The Kier molecular flexibility index (Phi) is 66.8. The maximum Gasteiger partial charge on any atom is 0.472 e. The lowest BCUT2D eigenvalue weighted by atomic mass is 10.0. The van der Waals surface area contributed by atoms with Crippen molar-refractivity contribution in [3.8, 4) is 0 Å². The van der Waals surface area contributed by atoms with Gasteiger partial charge in [0.25, 0.3) is 0 Å². The molecule has 0 aliphatic carbocycles. The third kappa shape index (κ3) is 68.6. The van der Waals surface area contributed by atoms with Crippen LogP contribution in [0.25, 0.3) is 0 Å². The molecule has 5 atom stereocenters. The lowest BCUT2D eigenvalue weighted by molar-refractivity contribution is -0.161. The topological polar surface area (TPSA) is 237 Å². The number of carbonyl (C=O) groups excluding carboxylic acids is 4. The second kappa shape index (κ2) is 68.2. The Labute approximate surface area is 575 Å². The van der Waals surface area contributed by atoms with E-state index in [9.17, 15) is 43.2 Å². The van der Waals surface area contributed by atoms with Crippen molar-refractivity contribution < 1.29 is 80.2 Å². The predicted molar refractivity (Wildman–Crippen MR) is 382 cm³/mol. The van der Waals surface area contributed by atoms with Crippen LogP contribution in [-0.2, 0) is 65.4 Å². The Morgan fingerprint density at radius 1 is 0.287 bits per heavy atom. The molecule has 2 unspecified atom stereocenters. The molecule has 0 aliphatic rings. The molecule has 0 bridgehead atoms. The molecule has 0 aromatic heterocycles. The first-order valence-corrected chi connectivity index (χ1v) is 42.1. The zero-order valence-corrected chi connectivity index (χ0v) is 62.9. The van der Waals surface area contributed by atoms with E-state index < -0.39 is 97.5 Å². The minimum Gasteiger partial charge on any atom is -0.462 e. The van der Waals surface area contributed by atoms with Crippen LogP contribution in [0.2, 0.25) is 0 Å². The highest BCUT2D eigenvalue weighted by Gasteiger charge is 2.30. The molecule has 0 saturated carbocycles. The van der Waals surface area contributed by atoms with Gasteiger partial charge in [-0.15, -0.1) is 0 Å². The summed E-state index contributed by atoms with van der Waals surface area (Å²) in [6.45, 7) is 7.23. The van der Waals surface area contributed by atoms with Crippen molar-refractivity contribution in [2.45, 2.75) is 412 Å². The van der Waals surface area contributed by atoms with E-state index in [-0.39, 0.29) is 25.7 Å². The number of esters is 4. The van der Waals surface area contributed by atoms with Gasteiger partial charge in [-0.1, -0.05) is 343 Å². The lowest BCUT2D eigenvalue weighted by Crippen LogP contribution is -2.30. The maximum absolute atomic E-state index is 13.1. The maximum atomic E-state index is 13.1. The highest BCUT2D eigenvalue weighted by molar-refractivity contribution is 7.47. The molecule has 3 N–H and O–H groups in total. The SMILES string of the molecule is CCCCCCCCCCCCCCCCCCCC(=O)O[C@H](COC(=O)CCCCCCCCCCCCCCCC(C)C)COP(=O)(O)OC[C@@H](O)COP(=O)(O)OC[C@@H](COC(=O)CCCCCCC)OC(=O)CCCCCCCCCCCCCCCCCC. The summed E-state index contributed by atoms with van der Waals surface area (Å²) in [6.07, 6.45) is 57.2. The van der Waals surface area contributed by atoms with Gasteiger partial charge < -0.3 is 33.8 Å². The molecule has 0 aromatic rings. The third-order valence-electron chi connectivity index (χ3n) is 17.5. The average Bonchev–Trinajstić information content (AvgIpc) is 1.29. The van der Waals surface area contributed by atoms with Gasteiger partial charge in [-0.05, 0) is 31.6 Å². The summed E-state index contributed by atoms with van der Waals surface area (Å²) in [5.41, 5.74) is 0. The van der Waals surface area contributed by atoms with Gasteiger partial charge in [-0.3, -0.25) is 37.3 Å². The van der Waals surface area contributed by atoms with Crippen LogP contribution in [0.3, 0.4) is 0 Å². The van der Waals surface area contributed by atoms with Gasteiger partial charge in [0.05, 0.1) is 26.4 Å². The van der Waals surface area contributed by atoms with Gasteiger partial charge in [0.1, 0.15) is 19.3 Å². The Hall–Kier alpha value is -1.94. The first-order valence-electron chi connectivity index (χ1n) is 39.1. The number of aliphatic hydroxyl groups is 1. The molecule has 0 aromatic carbocycles. The number of aliphatic hydroxyl groups excluding tert-OH is 1. The predicted octanol–water partition coefficient (Wildman–Crippen LogP) is 22.1. The number of phosphoric ester groups is 2. The molecule has 0 radical (unpaired) electrons. The van der Waals surface area contributed by atoms with Gasteiger partial charge in [0, 0.05) is 25.7 Å². The summed E-state index contributed by atoms with van der Waals surface area (Å²) in [6, 6.07) is 0. The Morgan fingerprint density at radius 3 is 0.723 bits per heavy atom. The van der Waals surface area contributed by atoms with Gasteiger partial charge in [0.2, 0.25) is 0 Å². The van der Waals surface area contributed by atoms with Gasteiger partial charge in [-0.2, -0.15) is 0 Å². The molecular formula is C75H146O17P2. The van der Waals surface area contributed by atoms with Crippen molar-refractivity contribution >= 4 is 39.5 Å². The molecule has 0 heterocycles. The van der Waals surface area contributed by atoms with E-state index in [4.69, 9.17) is 37.0 Å². The molecule has 94 heavy (non-hydrogen) atoms. The second-order valence-electron chi connectivity index (χ2n) is 27.5. The standard InChI is InChI=1S/C75H146O17P2/c1-6-9-12-15-17-19-21-23-25-27-29-33-38-42-46-51-56-61-75(80)92-71(65-86-73(78)59-54-49-44-40-36-34-30-31-35-39-43-48-52-57-68(4)5)67-90-94(83,84)88-63-69(76)62-87-93(81,82)89-66-70(64-85-72(77)58-53-47-14-11-8-3)91-74(79)60-55-50-45-41-37-32-28-26-24-22-20-18-16-13-10-7-2/h68-71,76H,6-67H2,1-5H3,(H,81,82)(H,83,84)/t69-,70+,71+/m0/s1. The minimum absolute atomic E-state index is 0.108.